The molecule has 0 spiro atoms. The van der Waals surface area contributed by atoms with Gasteiger partial charge in [-0.25, -0.2) is 0 Å². The first-order chi connectivity index (χ1) is 8.58. The number of allylic oxidation sites excluding steroid dienone is 2. The van der Waals surface area contributed by atoms with E-state index in [1.165, 1.54) is 11.1 Å². The second-order valence-electron chi connectivity index (χ2n) is 6.29. The Hall–Kier alpha value is -1.38. The Kier molecular flexibility index (Phi) is 1.84. The maximum atomic E-state index is 11.9. The summed E-state index contributed by atoms with van der Waals surface area (Å²) < 4.78 is 4.91. The lowest BCUT2D eigenvalue weighted by molar-refractivity contribution is -0.169. The van der Waals surface area contributed by atoms with Gasteiger partial charge in [-0.3, -0.25) is 9.59 Å². The highest BCUT2D eigenvalue weighted by Gasteiger charge is 2.64. The molecular weight excluding hydrogens is 228 g/mol. The van der Waals surface area contributed by atoms with Gasteiger partial charge in [-0.2, -0.15) is 0 Å². The summed E-state index contributed by atoms with van der Waals surface area (Å²) in [6, 6.07) is 0. The second-order valence-corrected chi connectivity index (χ2v) is 6.29. The number of fused-ring (bicyclic) bond motifs is 9. The maximum Gasteiger partial charge on any atom is 0.316 e. The molecule has 3 saturated carbocycles. The largest absolute Gasteiger partial charge is 0.393 e. The van der Waals surface area contributed by atoms with Crippen LogP contribution in [0.5, 0.6) is 0 Å². The van der Waals surface area contributed by atoms with Crippen molar-refractivity contribution >= 4 is 11.9 Å². The number of ether oxygens (including phenoxy) is 1. The Morgan fingerprint density at radius 2 is 1.28 bits per heavy atom. The van der Waals surface area contributed by atoms with Gasteiger partial charge < -0.3 is 4.74 Å². The highest BCUT2D eigenvalue weighted by atomic mass is 16.6. The summed E-state index contributed by atoms with van der Waals surface area (Å²) in [6.07, 6.45) is 2.62. The Balaban J connectivity index is 1.83. The molecular formula is C15H16O3. The summed E-state index contributed by atoms with van der Waals surface area (Å²) in [7, 11) is 0. The summed E-state index contributed by atoms with van der Waals surface area (Å²) in [4.78, 5) is 23.8. The van der Waals surface area contributed by atoms with E-state index in [0.717, 1.165) is 12.8 Å². The van der Waals surface area contributed by atoms with Crippen LogP contribution in [0, 0.1) is 35.5 Å². The number of carbonyl (C=O) groups is 2. The first-order valence-corrected chi connectivity index (χ1v) is 6.69. The topological polar surface area (TPSA) is 43.4 Å². The first kappa shape index (κ1) is 10.5. The van der Waals surface area contributed by atoms with E-state index >= 15 is 0 Å². The Morgan fingerprint density at radius 1 is 0.833 bits per heavy atom. The minimum atomic E-state index is -0.297. The van der Waals surface area contributed by atoms with E-state index in [2.05, 4.69) is 13.2 Å². The molecule has 0 N–H and O–H groups in total. The van der Waals surface area contributed by atoms with Crippen molar-refractivity contribution in [1.29, 1.82) is 0 Å². The van der Waals surface area contributed by atoms with E-state index in [4.69, 9.17) is 4.74 Å². The van der Waals surface area contributed by atoms with E-state index in [9.17, 15) is 9.59 Å². The van der Waals surface area contributed by atoms with Gasteiger partial charge >= 0.3 is 11.9 Å². The first-order valence-electron chi connectivity index (χ1n) is 6.69. The standard InChI is InChI=1S/C15H16O3/c1-6-3-7(2)9-4-8(6)12-10-5-11(13(9)12)15(17)18-14(10)16/h8-13H,1-5H2. The maximum absolute atomic E-state index is 11.9. The van der Waals surface area contributed by atoms with Gasteiger partial charge in [0, 0.05) is 0 Å². The Bertz CT molecular complexity index is 418. The van der Waals surface area contributed by atoms with Crippen LogP contribution in [-0.4, -0.2) is 11.9 Å². The molecule has 0 radical (unpaired) electrons. The van der Waals surface area contributed by atoms with Crippen molar-refractivity contribution in [1.82, 2.24) is 0 Å². The van der Waals surface area contributed by atoms with Crippen LogP contribution in [0.1, 0.15) is 19.3 Å². The zero-order valence-electron chi connectivity index (χ0n) is 10.2. The van der Waals surface area contributed by atoms with E-state index in [0.29, 0.717) is 18.3 Å². The van der Waals surface area contributed by atoms with Crippen molar-refractivity contribution in [3.8, 4) is 0 Å². The van der Waals surface area contributed by atoms with Gasteiger partial charge in [0.1, 0.15) is 0 Å². The molecule has 4 fully saturated rings. The van der Waals surface area contributed by atoms with Crippen LogP contribution in [-0.2, 0) is 14.3 Å². The molecule has 3 aliphatic carbocycles. The second kappa shape index (κ2) is 3.14. The van der Waals surface area contributed by atoms with Crippen molar-refractivity contribution in [2.24, 2.45) is 35.5 Å². The zero-order chi connectivity index (χ0) is 12.6. The van der Waals surface area contributed by atoms with E-state index < -0.39 is 0 Å². The summed E-state index contributed by atoms with van der Waals surface area (Å²) in [6.45, 7) is 8.33. The minimum Gasteiger partial charge on any atom is -0.393 e. The third-order valence-corrected chi connectivity index (χ3v) is 5.63. The van der Waals surface area contributed by atoms with Gasteiger partial charge in [0.25, 0.3) is 0 Å². The number of cyclic esters (lactones) is 2. The molecule has 0 aromatic carbocycles. The molecule has 0 aromatic rings. The molecule has 6 atom stereocenters. The van der Waals surface area contributed by atoms with Gasteiger partial charge in [-0.15, -0.1) is 0 Å². The monoisotopic (exact) mass is 244 g/mol. The van der Waals surface area contributed by atoms with Crippen LogP contribution in [0.2, 0.25) is 0 Å². The highest BCUT2D eigenvalue weighted by molar-refractivity contribution is 5.92. The quantitative estimate of drug-likeness (QED) is 0.283. The molecule has 4 bridgehead atoms. The van der Waals surface area contributed by atoms with Crippen molar-refractivity contribution in [3.05, 3.63) is 24.3 Å². The van der Waals surface area contributed by atoms with Gasteiger partial charge in [0.2, 0.25) is 0 Å². The number of esters is 2. The fourth-order valence-electron chi connectivity index (χ4n) is 5.00. The Labute approximate surface area is 106 Å². The number of rotatable bonds is 0. The fourth-order valence-corrected chi connectivity index (χ4v) is 5.00. The van der Waals surface area contributed by atoms with Gasteiger partial charge in [0.15, 0.2) is 0 Å². The van der Waals surface area contributed by atoms with Crippen LogP contribution in [0.3, 0.4) is 0 Å². The third kappa shape index (κ3) is 1.06. The van der Waals surface area contributed by atoms with Gasteiger partial charge in [0.05, 0.1) is 11.8 Å². The SMILES string of the molecule is C=C1CC(=C)C2CC1C1C3CC(C(=O)OC3=O)C21. The lowest BCUT2D eigenvalue weighted by atomic mass is 9.76. The molecule has 1 saturated heterocycles. The molecule has 6 unspecified atom stereocenters. The Morgan fingerprint density at radius 3 is 1.78 bits per heavy atom. The van der Waals surface area contributed by atoms with Crippen LogP contribution in [0.4, 0.5) is 0 Å². The molecule has 0 amide bonds. The smallest absolute Gasteiger partial charge is 0.316 e. The van der Waals surface area contributed by atoms with Crippen LogP contribution in [0.25, 0.3) is 0 Å². The average Bonchev–Trinajstić information content (AvgIpc) is 2.79. The number of hydrogen-bond donors (Lipinski definition) is 0. The predicted molar refractivity (Wildman–Crippen MR) is 64.2 cm³/mol. The van der Waals surface area contributed by atoms with Crippen molar-refractivity contribution < 1.29 is 14.3 Å². The summed E-state index contributed by atoms with van der Waals surface area (Å²) in [5.74, 6) is 0.629. The molecule has 4 rings (SSSR count). The molecule has 3 nitrogen and oxygen atoms in total. The normalized spacial score (nSPS) is 49.3. The van der Waals surface area contributed by atoms with E-state index in [1.54, 1.807) is 0 Å². The van der Waals surface area contributed by atoms with Crippen molar-refractivity contribution in [2.45, 2.75) is 19.3 Å². The van der Waals surface area contributed by atoms with Crippen LogP contribution >= 0.6 is 0 Å². The van der Waals surface area contributed by atoms with E-state index in [-0.39, 0.29) is 35.6 Å². The summed E-state index contributed by atoms with van der Waals surface area (Å²) in [5.41, 5.74) is 2.41. The lowest BCUT2D eigenvalue weighted by Gasteiger charge is -2.30. The molecule has 3 heteroatoms. The lowest BCUT2D eigenvalue weighted by Crippen LogP contribution is -2.33. The number of hydrogen-bond acceptors (Lipinski definition) is 3. The fraction of sp³-hybridized carbons (Fsp3) is 0.600. The molecule has 18 heavy (non-hydrogen) atoms. The van der Waals surface area contributed by atoms with Crippen molar-refractivity contribution in [2.75, 3.05) is 0 Å². The molecule has 1 heterocycles. The molecule has 0 aromatic heterocycles. The van der Waals surface area contributed by atoms with Crippen LogP contribution in [0.15, 0.2) is 24.3 Å². The third-order valence-electron chi connectivity index (χ3n) is 5.63. The summed E-state index contributed by atoms with van der Waals surface area (Å²) in [5, 5.41) is 0. The van der Waals surface area contributed by atoms with Crippen LogP contribution < -0.4 is 0 Å². The number of carbonyl (C=O) groups excluding carboxylic acids is 2. The molecule has 94 valence electrons. The predicted octanol–water partition coefficient (Wildman–Crippen LogP) is 2.09. The summed E-state index contributed by atoms with van der Waals surface area (Å²) >= 11 is 0. The molecule has 1 aliphatic heterocycles. The minimum absolute atomic E-state index is 0.0738. The highest BCUT2D eigenvalue weighted by Crippen LogP contribution is 2.64. The van der Waals surface area contributed by atoms with Gasteiger partial charge in [-0.05, 0) is 42.9 Å². The van der Waals surface area contributed by atoms with Gasteiger partial charge in [-0.1, -0.05) is 24.3 Å². The average molecular weight is 244 g/mol. The van der Waals surface area contributed by atoms with Crippen molar-refractivity contribution in [3.63, 3.8) is 0 Å². The van der Waals surface area contributed by atoms with E-state index in [1.807, 2.05) is 0 Å². The zero-order valence-corrected chi connectivity index (χ0v) is 10.2. The molecule has 4 aliphatic rings.